The number of alkyl halides is 3. The highest BCUT2D eigenvalue weighted by Gasteiger charge is 2.60. The number of halogens is 5. The molecule has 1 aromatic carbocycles. The first-order valence-corrected chi connectivity index (χ1v) is 14.5. The normalized spacial score (nSPS) is 23.7. The number of morpholine rings is 1. The molecule has 0 saturated carbocycles. The maximum atomic E-state index is 16.3. The molecule has 2 aromatic heterocycles. The topological polar surface area (TPSA) is 124 Å². The summed E-state index contributed by atoms with van der Waals surface area (Å²) in [5.74, 6) is -4.43. The molecule has 3 N–H and O–H groups in total. The van der Waals surface area contributed by atoms with Gasteiger partial charge in [-0.2, -0.15) is 23.1 Å². The van der Waals surface area contributed by atoms with Crippen molar-refractivity contribution < 1.29 is 42.4 Å². The zero-order valence-corrected chi connectivity index (χ0v) is 23.5. The highest BCUT2D eigenvalue weighted by Crippen LogP contribution is 2.47. The molecule has 2 unspecified atom stereocenters. The van der Waals surface area contributed by atoms with Crippen molar-refractivity contribution in [3.05, 3.63) is 34.7 Å². The summed E-state index contributed by atoms with van der Waals surface area (Å²) in [6.07, 6.45) is -0.0579. The fraction of sp³-hybridized carbons (Fsp3) is 0.536. The van der Waals surface area contributed by atoms with E-state index in [1.54, 1.807) is 0 Å². The minimum Gasteiger partial charge on any atom is -0.508 e. The number of phenols is 1. The standard InChI is InChI=1S/C28H28ClF4N5O5/c29-19-10-14(39)9-17(20(19)27(31,32)33)22-21(30)23-18(11-34-22)24(37-12-15-3-4-16(13-37)42-15)36-25(35-23)43-28(40,41)26-5-1-7-38(26)8-2-6-26/h9-11,15-16,39-41H,1-8,12-13H2. The van der Waals surface area contributed by atoms with Crippen molar-refractivity contribution in [1.82, 2.24) is 19.9 Å². The number of anilines is 1. The average Bonchev–Trinajstić information content (AvgIpc) is 3.62. The molecule has 0 amide bonds. The fourth-order valence-corrected chi connectivity index (χ4v) is 7.53. The quantitative estimate of drug-likeness (QED) is 0.280. The van der Waals surface area contributed by atoms with Crippen LogP contribution in [-0.4, -0.2) is 85.1 Å². The van der Waals surface area contributed by atoms with E-state index >= 15 is 4.39 Å². The zero-order chi connectivity index (χ0) is 30.3. The number of pyridine rings is 1. The zero-order valence-electron chi connectivity index (χ0n) is 22.7. The Kier molecular flexibility index (Phi) is 6.67. The summed E-state index contributed by atoms with van der Waals surface area (Å²) < 4.78 is 70.0. The summed E-state index contributed by atoms with van der Waals surface area (Å²) in [7, 11) is 0. The molecule has 2 atom stereocenters. The van der Waals surface area contributed by atoms with Gasteiger partial charge in [-0.15, -0.1) is 0 Å². The van der Waals surface area contributed by atoms with Crippen molar-refractivity contribution in [2.45, 2.75) is 68.4 Å². The van der Waals surface area contributed by atoms with E-state index in [0.29, 0.717) is 45.1 Å². The number of phenolic OH excluding ortho intramolecular Hbond substituents is 1. The van der Waals surface area contributed by atoms with Crippen LogP contribution < -0.4 is 9.64 Å². The Morgan fingerprint density at radius 3 is 2.37 bits per heavy atom. The summed E-state index contributed by atoms with van der Waals surface area (Å²) in [4.78, 5) is 16.4. The third-order valence-corrected chi connectivity index (χ3v) is 9.38. The van der Waals surface area contributed by atoms with Gasteiger partial charge in [0, 0.05) is 24.8 Å². The molecule has 10 nitrogen and oxygen atoms in total. The Bertz CT molecular complexity index is 1590. The number of benzene rings is 1. The molecule has 4 aliphatic heterocycles. The number of hydrogen-bond acceptors (Lipinski definition) is 10. The monoisotopic (exact) mass is 625 g/mol. The molecule has 15 heteroatoms. The number of aromatic hydroxyl groups is 1. The van der Waals surface area contributed by atoms with Crippen LogP contribution in [0.2, 0.25) is 5.02 Å². The van der Waals surface area contributed by atoms with Gasteiger partial charge in [-0.25, -0.2) is 4.39 Å². The molecule has 3 aromatic rings. The number of rotatable bonds is 5. The largest absolute Gasteiger partial charge is 0.508 e. The number of ether oxygens (including phenoxy) is 2. The van der Waals surface area contributed by atoms with Crippen LogP contribution >= 0.6 is 11.6 Å². The third-order valence-electron chi connectivity index (χ3n) is 9.08. The van der Waals surface area contributed by atoms with E-state index in [2.05, 4.69) is 15.0 Å². The van der Waals surface area contributed by atoms with E-state index in [1.165, 1.54) is 0 Å². The number of nitrogens with zero attached hydrogens (tertiary/aromatic N) is 5. The van der Waals surface area contributed by atoms with Gasteiger partial charge in [-0.1, -0.05) is 11.6 Å². The number of fused-ring (bicyclic) bond motifs is 4. The second kappa shape index (κ2) is 9.99. The summed E-state index contributed by atoms with van der Waals surface area (Å²) >= 11 is 5.85. The molecule has 230 valence electrons. The molecular weight excluding hydrogens is 598 g/mol. The SMILES string of the molecule is Oc1cc(Cl)c(C(F)(F)F)c(-c2ncc3c(N4CC5CCC(C4)O5)nc(OC(O)(O)C45CCCN4CCC5)nc3c2F)c1. The van der Waals surface area contributed by atoms with Gasteiger partial charge in [0.25, 0.3) is 0 Å². The van der Waals surface area contributed by atoms with Crippen LogP contribution in [-0.2, 0) is 10.9 Å². The molecule has 4 fully saturated rings. The minimum absolute atomic E-state index is 0.0812. The van der Waals surface area contributed by atoms with Gasteiger partial charge in [0.1, 0.15) is 28.3 Å². The predicted octanol–water partition coefficient (Wildman–Crippen LogP) is 4.22. The van der Waals surface area contributed by atoms with E-state index in [-0.39, 0.29) is 23.4 Å². The first-order valence-electron chi connectivity index (χ1n) is 14.1. The second-order valence-corrected chi connectivity index (χ2v) is 12.1. The third kappa shape index (κ3) is 4.65. The predicted molar refractivity (Wildman–Crippen MR) is 145 cm³/mol. The van der Waals surface area contributed by atoms with Gasteiger partial charge >= 0.3 is 18.2 Å². The first-order chi connectivity index (χ1) is 20.4. The molecule has 4 aliphatic rings. The fourth-order valence-electron chi connectivity index (χ4n) is 7.21. The van der Waals surface area contributed by atoms with Crippen LogP contribution in [0.4, 0.5) is 23.4 Å². The van der Waals surface area contributed by atoms with Gasteiger partial charge in [0.15, 0.2) is 5.82 Å². The van der Waals surface area contributed by atoms with Gasteiger partial charge in [-0.3, -0.25) is 9.88 Å². The Hall–Kier alpha value is -3.04. The lowest BCUT2D eigenvalue weighted by atomic mass is 9.91. The molecule has 0 aliphatic carbocycles. The summed E-state index contributed by atoms with van der Waals surface area (Å²) in [6.45, 7) is 2.11. The average molecular weight is 626 g/mol. The Labute approximate surface area is 247 Å². The van der Waals surface area contributed by atoms with E-state index in [0.717, 1.165) is 37.9 Å². The highest BCUT2D eigenvalue weighted by molar-refractivity contribution is 6.32. The van der Waals surface area contributed by atoms with Crippen molar-refractivity contribution >= 4 is 28.3 Å². The maximum Gasteiger partial charge on any atom is 0.418 e. The van der Waals surface area contributed by atoms with Crippen LogP contribution in [0.15, 0.2) is 18.3 Å². The van der Waals surface area contributed by atoms with Crippen molar-refractivity contribution in [2.75, 3.05) is 31.1 Å². The van der Waals surface area contributed by atoms with Gasteiger partial charge < -0.3 is 29.7 Å². The van der Waals surface area contributed by atoms with Crippen molar-refractivity contribution in [3.63, 3.8) is 0 Å². The Morgan fingerprint density at radius 2 is 1.72 bits per heavy atom. The van der Waals surface area contributed by atoms with Crippen LogP contribution in [0.3, 0.4) is 0 Å². The van der Waals surface area contributed by atoms with Crippen molar-refractivity contribution in [2.24, 2.45) is 0 Å². The van der Waals surface area contributed by atoms with E-state index in [1.807, 2.05) is 9.80 Å². The van der Waals surface area contributed by atoms with Gasteiger partial charge in [0.2, 0.25) is 0 Å². The van der Waals surface area contributed by atoms with E-state index in [9.17, 15) is 28.5 Å². The lowest BCUT2D eigenvalue weighted by Crippen LogP contribution is -2.62. The minimum atomic E-state index is -5.00. The molecule has 6 heterocycles. The van der Waals surface area contributed by atoms with Crippen molar-refractivity contribution in [1.29, 1.82) is 0 Å². The smallest absolute Gasteiger partial charge is 0.418 e. The molecule has 2 bridgehead atoms. The molecule has 7 rings (SSSR count). The number of aliphatic hydroxyl groups is 2. The Morgan fingerprint density at radius 1 is 1.05 bits per heavy atom. The van der Waals surface area contributed by atoms with Crippen LogP contribution in [0, 0.1) is 5.82 Å². The van der Waals surface area contributed by atoms with Gasteiger partial charge in [-0.05, 0) is 63.7 Å². The summed E-state index contributed by atoms with van der Waals surface area (Å²) in [5.41, 5.74) is -4.47. The highest BCUT2D eigenvalue weighted by atomic mass is 35.5. The van der Waals surface area contributed by atoms with E-state index in [4.69, 9.17) is 21.1 Å². The van der Waals surface area contributed by atoms with Gasteiger partial charge in [0.05, 0.1) is 28.2 Å². The maximum absolute atomic E-state index is 16.3. The summed E-state index contributed by atoms with van der Waals surface area (Å²) in [6, 6.07) is 0.884. The Balaban J connectivity index is 1.39. The summed E-state index contributed by atoms with van der Waals surface area (Å²) in [5, 5.41) is 31.9. The number of hydrogen-bond donors (Lipinski definition) is 3. The molecular formula is C28H28ClF4N5O5. The van der Waals surface area contributed by atoms with Crippen LogP contribution in [0.1, 0.15) is 44.1 Å². The van der Waals surface area contributed by atoms with Crippen molar-refractivity contribution in [3.8, 4) is 23.0 Å². The number of aromatic nitrogens is 3. The lowest BCUT2D eigenvalue weighted by molar-refractivity contribution is -0.349. The molecule has 43 heavy (non-hydrogen) atoms. The molecule has 4 saturated heterocycles. The van der Waals surface area contributed by atoms with Crippen LogP contribution in [0.5, 0.6) is 11.8 Å². The first kappa shape index (κ1) is 28.7. The second-order valence-electron chi connectivity index (χ2n) is 11.7. The molecule has 0 spiro atoms. The van der Waals surface area contributed by atoms with Crippen LogP contribution in [0.25, 0.3) is 22.2 Å². The lowest BCUT2D eigenvalue weighted by Gasteiger charge is -2.41. The molecule has 0 radical (unpaired) electrons. The van der Waals surface area contributed by atoms with E-state index < -0.39 is 62.6 Å².